The maximum atomic E-state index is 12.5. The smallest absolute Gasteiger partial charge is 0.293 e. The zero-order chi connectivity index (χ0) is 19.6. The molecule has 10 heteroatoms. The van der Waals surface area contributed by atoms with Gasteiger partial charge in [-0.2, -0.15) is 0 Å². The van der Waals surface area contributed by atoms with E-state index in [2.05, 4.69) is 0 Å². The number of imide groups is 1. The molecule has 1 aromatic heterocycles. The first-order valence-electron chi connectivity index (χ1n) is 8.59. The van der Waals surface area contributed by atoms with Crippen LogP contribution >= 0.6 is 23.1 Å². The highest BCUT2D eigenvalue weighted by Crippen LogP contribution is 2.33. The first-order chi connectivity index (χ1) is 12.8. The van der Waals surface area contributed by atoms with Crippen LogP contribution in [0.5, 0.6) is 0 Å². The molecule has 0 bridgehead atoms. The molecule has 7 nitrogen and oxygen atoms in total. The van der Waals surface area contributed by atoms with Crippen molar-refractivity contribution in [1.29, 1.82) is 0 Å². The fourth-order valence-corrected chi connectivity index (χ4v) is 6.52. The van der Waals surface area contributed by atoms with Gasteiger partial charge in [-0.1, -0.05) is 6.07 Å². The van der Waals surface area contributed by atoms with Crippen molar-refractivity contribution in [2.24, 2.45) is 0 Å². The van der Waals surface area contributed by atoms with Crippen LogP contribution in [0.2, 0.25) is 0 Å². The van der Waals surface area contributed by atoms with E-state index in [0.717, 1.165) is 21.5 Å². The van der Waals surface area contributed by atoms with Crippen LogP contribution < -0.4 is 0 Å². The van der Waals surface area contributed by atoms with Crippen molar-refractivity contribution >= 4 is 56.1 Å². The molecule has 27 heavy (non-hydrogen) atoms. The summed E-state index contributed by atoms with van der Waals surface area (Å²) in [7, 11) is -3.09. The zero-order valence-electron chi connectivity index (χ0n) is 14.8. The third-order valence-corrected chi connectivity index (χ3v) is 8.03. The average molecular weight is 429 g/mol. The second kappa shape index (κ2) is 8.15. The molecule has 2 fully saturated rings. The lowest BCUT2D eigenvalue weighted by Crippen LogP contribution is -2.42. The minimum atomic E-state index is -3.09. The second-order valence-corrected chi connectivity index (χ2v) is 10.5. The quantitative estimate of drug-likeness (QED) is 0.645. The molecule has 0 N–H and O–H groups in total. The van der Waals surface area contributed by atoms with Gasteiger partial charge in [0.05, 0.1) is 16.4 Å². The molecule has 3 amide bonds. The fraction of sp³-hybridized carbons (Fsp3) is 0.471. The topological polar surface area (TPSA) is 91.8 Å². The molecule has 2 aliphatic heterocycles. The number of thioether (sulfide) groups is 1. The third kappa shape index (κ3) is 4.61. The number of hydrogen-bond acceptors (Lipinski definition) is 7. The maximum absolute atomic E-state index is 12.5. The number of thiophene rings is 1. The summed E-state index contributed by atoms with van der Waals surface area (Å²) in [5.74, 6) is -0.547. The molecule has 0 radical (unpaired) electrons. The fourth-order valence-electron chi connectivity index (χ4n) is 3.21. The van der Waals surface area contributed by atoms with Gasteiger partial charge in [0.25, 0.3) is 11.1 Å². The molecule has 0 saturated carbocycles. The summed E-state index contributed by atoms with van der Waals surface area (Å²) in [6, 6.07) is 3.40. The monoisotopic (exact) mass is 428 g/mol. The lowest BCUT2D eigenvalue weighted by molar-refractivity contribution is -0.133. The molecule has 1 unspecified atom stereocenters. The van der Waals surface area contributed by atoms with E-state index in [-0.39, 0.29) is 41.7 Å². The highest BCUT2D eigenvalue weighted by molar-refractivity contribution is 8.18. The van der Waals surface area contributed by atoms with Gasteiger partial charge >= 0.3 is 0 Å². The van der Waals surface area contributed by atoms with Crippen LogP contribution in [0.4, 0.5) is 4.79 Å². The number of amides is 3. The standard InChI is InChI=1S/C17H20N2O5S3/c1-2-18(12-6-9-27(23,24)11-12)15(20)5-7-19-16(21)14(26-17(19)22)10-13-4-3-8-25-13/h3-4,8,10,12H,2,5-7,9,11H2,1H3/b14-10-. The van der Waals surface area contributed by atoms with Crippen LogP contribution in [0.3, 0.4) is 0 Å². The van der Waals surface area contributed by atoms with E-state index in [0.29, 0.717) is 17.9 Å². The Bertz CT molecular complexity index is 876. The van der Waals surface area contributed by atoms with Crippen molar-refractivity contribution in [3.05, 3.63) is 27.3 Å². The molecular formula is C17H20N2O5S3. The SMILES string of the molecule is CCN(C(=O)CCN1C(=O)S/C(=C\c2cccs2)C1=O)C1CCS(=O)(=O)C1. The van der Waals surface area contributed by atoms with E-state index < -0.39 is 15.7 Å². The largest absolute Gasteiger partial charge is 0.339 e. The molecule has 1 atom stereocenters. The van der Waals surface area contributed by atoms with Gasteiger partial charge in [0, 0.05) is 30.4 Å². The highest BCUT2D eigenvalue weighted by atomic mass is 32.2. The molecule has 146 valence electrons. The zero-order valence-corrected chi connectivity index (χ0v) is 17.2. The number of nitrogens with zero attached hydrogens (tertiary/aromatic N) is 2. The van der Waals surface area contributed by atoms with Gasteiger partial charge in [-0.15, -0.1) is 11.3 Å². The normalized spacial score (nSPS) is 23.4. The molecule has 0 aliphatic carbocycles. The second-order valence-electron chi connectivity index (χ2n) is 6.34. The predicted molar refractivity (Wildman–Crippen MR) is 106 cm³/mol. The third-order valence-electron chi connectivity index (χ3n) is 4.55. The van der Waals surface area contributed by atoms with Gasteiger partial charge in [-0.3, -0.25) is 19.3 Å². The molecular weight excluding hydrogens is 408 g/mol. The Morgan fingerprint density at radius 1 is 1.41 bits per heavy atom. The average Bonchev–Trinajstić information content (AvgIpc) is 3.29. The van der Waals surface area contributed by atoms with Gasteiger partial charge in [-0.05, 0) is 42.6 Å². The van der Waals surface area contributed by atoms with E-state index in [1.54, 1.807) is 17.9 Å². The van der Waals surface area contributed by atoms with E-state index in [1.165, 1.54) is 11.3 Å². The number of rotatable bonds is 6. The van der Waals surface area contributed by atoms with Crippen molar-refractivity contribution in [1.82, 2.24) is 9.80 Å². The molecule has 0 aromatic carbocycles. The van der Waals surface area contributed by atoms with Crippen LogP contribution in [0.1, 0.15) is 24.6 Å². The lowest BCUT2D eigenvalue weighted by Gasteiger charge is -2.27. The first-order valence-corrected chi connectivity index (χ1v) is 12.1. The van der Waals surface area contributed by atoms with E-state index >= 15 is 0 Å². The number of carbonyl (C=O) groups excluding carboxylic acids is 3. The highest BCUT2D eigenvalue weighted by Gasteiger charge is 2.37. The van der Waals surface area contributed by atoms with Crippen molar-refractivity contribution in [2.45, 2.75) is 25.8 Å². The lowest BCUT2D eigenvalue weighted by atomic mass is 10.2. The Morgan fingerprint density at radius 2 is 2.19 bits per heavy atom. The van der Waals surface area contributed by atoms with Gasteiger partial charge < -0.3 is 4.90 Å². The van der Waals surface area contributed by atoms with Gasteiger partial charge in [0.1, 0.15) is 0 Å². The summed E-state index contributed by atoms with van der Waals surface area (Å²) in [5, 5.41) is 1.50. The Kier molecular flexibility index (Phi) is 6.07. The minimum Gasteiger partial charge on any atom is -0.339 e. The van der Waals surface area contributed by atoms with Gasteiger partial charge in [0.2, 0.25) is 5.91 Å². The summed E-state index contributed by atoms with van der Waals surface area (Å²) in [6.07, 6.45) is 2.11. The molecule has 0 spiro atoms. The minimum absolute atomic E-state index is 0.00124. The summed E-state index contributed by atoms with van der Waals surface area (Å²) in [5.41, 5.74) is 0. The Hall–Kier alpha value is -1.65. The molecule has 3 rings (SSSR count). The summed E-state index contributed by atoms with van der Waals surface area (Å²) < 4.78 is 23.3. The van der Waals surface area contributed by atoms with Gasteiger partial charge in [0.15, 0.2) is 9.84 Å². The molecule has 3 heterocycles. The maximum Gasteiger partial charge on any atom is 0.293 e. The van der Waals surface area contributed by atoms with Crippen molar-refractivity contribution in [3.8, 4) is 0 Å². The van der Waals surface area contributed by atoms with Crippen molar-refractivity contribution < 1.29 is 22.8 Å². The van der Waals surface area contributed by atoms with Gasteiger partial charge in [-0.25, -0.2) is 8.42 Å². The Morgan fingerprint density at radius 3 is 2.78 bits per heavy atom. The molecule has 2 aliphatic rings. The van der Waals surface area contributed by atoms with E-state index in [9.17, 15) is 22.8 Å². The predicted octanol–water partition coefficient (Wildman–Crippen LogP) is 2.21. The Labute approximate surface area is 166 Å². The number of carbonyl (C=O) groups is 3. The molecule has 1 aromatic rings. The molecule has 2 saturated heterocycles. The number of hydrogen-bond donors (Lipinski definition) is 0. The van der Waals surface area contributed by atoms with Crippen molar-refractivity contribution in [3.63, 3.8) is 0 Å². The Balaban J connectivity index is 1.61. The van der Waals surface area contributed by atoms with Crippen LogP contribution in [0.25, 0.3) is 6.08 Å². The summed E-state index contributed by atoms with van der Waals surface area (Å²) in [6.45, 7) is 2.20. The van der Waals surface area contributed by atoms with Crippen LogP contribution in [-0.2, 0) is 19.4 Å². The summed E-state index contributed by atoms with van der Waals surface area (Å²) >= 11 is 2.34. The van der Waals surface area contributed by atoms with Crippen LogP contribution in [0, 0.1) is 0 Å². The van der Waals surface area contributed by atoms with E-state index in [1.807, 2.05) is 17.5 Å². The van der Waals surface area contributed by atoms with E-state index in [4.69, 9.17) is 0 Å². The first kappa shape index (κ1) is 20.1. The summed E-state index contributed by atoms with van der Waals surface area (Å²) in [4.78, 5) is 41.0. The van der Waals surface area contributed by atoms with Crippen molar-refractivity contribution in [2.75, 3.05) is 24.6 Å². The number of sulfone groups is 1. The van der Waals surface area contributed by atoms with Crippen LogP contribution in [-0.4, -0.2) is 65.9 Å². The van der Waals surface area contributed by atoms with Crippen LogP contribution in [0.15, 0.2) is 22.4 Å².